The Labute approximate surface area is 199 Å². The summed E-state index contributed by atoms with van der Waals surface area (Å²) in [5.41, 5.74) is 2.88. The van der Waals surface area contributed by atoms with Crippen LogP contribution in [-0.2, 0) is 26.5 Å². The van der Waals surface area contributed by atoms with Gasteiger partial charge in [0.2, 0.25) is 20.0 Å². The van der Waals surface area contributed by atoms with Crippen LogP contribution < -0.4 is 9.44 Å². The highest BCUT2D eigenvalue weighted by molar-refractivity contribution is 7.92. The maximum Gasteiger partial charge on any atom is 0.240 e. The van der Waals surface area contributed by atoms with Crippen LogP contribution in [0.25, 0.3) is 0 Å². The number of nitrogens with one attached hydrogen (secondary N) is 2. The lowest BCUT2D eigenvalue weighted by atomic mass is 9.91. The van der Waals surface area contributed by atoms with Crippen LogP contribution in [0.15, 0.2) is 70.9 Å². The molecule has 0 spiro atoms. The summed E-state index contributed by atoms with van der Waals surface area (Å²) < 4.78 is 53.3. The molecule has 3 aromatic rings. The lowest BCUT2D eigenvalue weighted by Gasteiger charge is -2.41. The molecule has 0 unspecified atom stereocenters. The molecule has 0 saturated heterocycles. The van der Waals surface area contributed by atoms with E-state index in [1.54, 1.807) is 11.3 Å². The number of benzene rings is 2. The summed E-state index contributed by atoms with van der Waals surface area (Å²) in [4.78, 5) is 3.76. The molecule has 2 aromatic carbocycles. The molecule has 1 aromatic heterocycles. The van der Waals surface area contributed by atoms with E-state index in [0.717, 1.165) is 12.7 Å². The first-order valence-corrected chi connectivity index (χ1v) is 14.8. The highest BCUT2D eigenvalue weighted by Crippen LogP contribution is 2.40. The quantitative estimate of drug-likeness (QED) is 0.489. The van der Waals surface area contributed by atoms with E-state index in [4.69, 9.17) is 0 Å². The zero-order chi connectivity index (χ0) is 23.6. The smallest absolute Gasteiger partial charge is 0.240 e. The van der Waals surface area contributed by atoms with Crippen molar-refractivity contribution < 1.29 is 16.8 Å². The number of fused-ring (bicyclic) bond motifs is 1. The van der Waals surface area contributed by atoms with E-state index in [9.17, 15) is 16.8 Å². The van der Waals surface area contributed by atoms with E-state index in [-0.39, 0.29) is 23.5 Å². The second-order valence-electron chi connectivity index (χ2n) is 8.21. The van der Waals surface area contributed by atoms with Crippen molar-refractivity contribution in [2.24, 2.45) is 0 Å². The van der Waals surface area contributed by atoms with Crippen LogP contribution in [0.4, 0.5) is 5.69 Å². The molecule has 0 amide bonds. The molecular formula is C23H27N3O4S3. The Hall–Kier alpha value is -2.24. The van der Waals surface area contributed by atoms with E-state index >= 15 is 0 Å². The lowest BCUT2D eigenvalue weighted by molar-refractivity contribution is 0.157. The van der Waals surface area contributed by atoms with Crippen LogP contribution in [0, 0.1) is 0 Å². The van der Waals surface area contributed by atoms with E-state index in [2.05, 4.69) is 44.8 Å². The van der Waals surface area contributed by atoms with Crippen molar-refractivity contribution in [3.8, 4) is 0 Å². The fourth-order valence-electron chi connectivity index (χ4n) is 4.23. The maximum absolute atomic E-state index is 12.8. The van der Waals surface area contributed by atoms with Gasteiger partial charge in [0.15, 0.2) is 0 Å². The minimum Gasteiger partial charge on any atom is -0.287 e. The fraction of sp³-hybridized carbons (Fsp3) is 0.304. The molecule has 0 aliphatic carbocycles. The molecule has 2 atom stereocenters. The second kappa shape index (κ2) is 9.55. The summed E-state index contributed by atoms with van der Waals surface area (Å²) in [6.07, 6.45) is 1.98. The highest BCUT2D eigenvalue weighted by Gasteiger charge is 2.34. The third-order valence-electron chi connectivity index (χ3n) is 5.69. The Morgan fingerprint density at radius 3 is 2.36 bits per heavy atom. The number of sulfonamides is 2. The summed E-state index contributed by atoms with van der Waals surface area (Å²) in [6, 6.07) is 18.5. The first kappa shape index (κ1) is 23.9. The summed E-state index contributed by atoms with van der Waals surface area (Å²) in [5.74, 6) is 0. The zero-order valence-electron chi connectivity index (χ0n) is 18.4. The maximum atomic E-state index is 12.8. The molecule has 10 heteroatoms. The molecule has 1 aliphatic heterocycles. The van der Waals surface area contributed by atoms with Gasteiger partial charge in [-0.15, -0.1) is 11.3 Å². The number of nitrogens with zero attached hydrogens (tertiary/aromatic N) is 1. The molecule has 4 rings (SSSR count). The van der Waals surface area contributed by atoms with Gasteiger partial charge in [0.25, 0.3) is 0 Å². The number of hydrogen-bond donors (Lipinski definition) is 2. The van der Waals surface area contributed by atoms with Gasteiger partial charge >= 0.3 is 0 Å². The van der Waals surface area contributed by atoms with Crippen molar-refractivity contribution in [1.29, 1.82) is 0 Å². The Bertz CT molecular complexity index is 1300. The third-order valence-corrected chi connectivity index (χ3v) is 8.78. The fourth-order valence-corrected chi connectivity index (χ4v) is 6.90. The van der Waals surface area contributed by atoms with Crippen LogP contribution in [0.3, 0.4) is 0 Å². The minimum absolute atomic E-state index is 0.0911. The predicted octanol–water partition coefficient (Wildman–Crippen LogP) is 3.43. The molecule has 2 N–H and O–H groups in total. The van der Waals surface area contributed by atoms with Crippen LogP contribution >= 0.6 is 11.3 Å². The molecule has 33 heavy (non-hydrogen) atoms. The van der Waals surface area contributed by atoms with Crippen LogP contribution in [0.1, 0.15) is 29.0 Å². The average molecular weight is 506 g/mol. The molecule has 2 heterocycles. The summed E-state index contributed by atoms with van der Waals surface area (Å²) in [5, 5.41) is 2.13. The van der Waals surface area contributed by atoms with E-state index in [1.165, 1.54) is 40.3 Å². The SMILES string of the molecule is C[C@@H]1Cc2ccsc2[C@H](c2ccccc2)N1CCNS(=O)(=O)c1ccc(NS(C)(=O)=O)cc1. The van der Waals surface area contributed by atoms with Gasteiger partial charge in [0, 0.05) is 29.7 Å². The summed E-state index contributed by atoms with van der Waals surface area (Å²) >= 11 is 1.75. The van der Waals surface area contributed by atoms with E-state index in [0.29, 0.717) is 12.2 Å². The topological polar surface area (TPSA) is 95.6 Å². The van der Waals surface area contributed by atoms with Crippen molar-refractivity contribution in [2.45, 2.75) is 30.3 Å². The lowest BCUT2D eigenvalue weighted by Crippen LogP contribution is -2.45. The van der Waals surface area contributed by atoms with Gasteiger partial charge in [-0.1, -0.05) is 30.3 Å². The first-order valence-electron chi connectivity index (χ1n) is 10.6. The molecule has 0 bridgehead atoms. The van der Waals surface area contributed by atoms with Crippen molar-refractivity contribution in [2.75, 3.05) is 24.1 Å². The van der Waals surface area contributed by atoms with Crippen molar-refractivity contribution in [1.82, 2.24) is 9.62 Å². The normalized spacial score (nSPS) is 19.2. The van der Waals surface area contributed by atoms with Crippen LogP contribution in [0.5, 0.6) is 0 Å². The largest absolute Gasteiger partial charge is 0.287 e. The second-order valence-corrected chi connectivity index (χ2v) is 12.7. The highest BCUT2D eigenvalue weighted by atomic mass is 32.2. The standard InChI is InChI=1S/C23H27N3O4S3/c1-17-16-19-12-15-31-23(19)22(18-6-4-3-5-7-18)26(17)14-13-24-33(29,30)21-10-8-20(9-11-21)25-32(2,27)28/h3-12,15,17,22,24-25H,13-14,16H2,1-2H3/t17-,22+/m1/s1. The summed E-state index contributed by atoms with van der Waals surface area (Å²) in [6.45, 7) is 3.00. The predicted molar refractivity (Wildman–Crippen MR) is 133 cm³/mol. The van der Waals surface area contributed by atoms with Crippen LogP contribution in [0.2, 0.25) is 0 Å². The third kappa shape index (κ3) is 5.64. The monoisotopic (exact) mass is 505 g/mol. The molecular weight excluding hydrogens is 478 g/mol. The Morgan fingerprint density at radius 2 is 1.70 bits per heavy atom. The Balaban J connectivity index is 1.47. The van der Waals surface area contributed by atoms with Gasteiger partial charge in [-0.05, 0) is 60.2 Å². The van der Waals surface area contributed by atoms with Crippen molar-refractivity contribution in [3.05, 3.63) is 82.0 Å². The van der Waals surface area contributed by atoms with Gasteiger partial charge in [-0.2, -0.15) is 0 Å². The number of rotatable bonds is 8. The van der Waals surface area contributed by atoms with E-state index < -0.39 is 20.0 Å². The Kier molecular flexibility index (Phi) is 6.92. The van der Waals surface area contributed by atoms with E-state index in [1.807, 2.05) is 18.2 Å². The number of thiophene rings is 1. The zero-order valence-corrected chi connectivity index (χ0v) is 20.9. The molecule has 0 radical (unpaired) electrons. The van der Waals surface area contributed by atoms with Gasteiger partial charge in [0.1, 0.15) is 0 Å². The molecule has 176 valence electrons. The number of hydrogen-bond acceptors (Lipinski definition) is 6. The van der Waals surface area contributed by atoms with Crippen molar-refractivity contribution in [3.63, 3.8) is 0 Å². The van der Waals surface area contributed by atoms with Crippen LogP contribution in [-0.4, -0.2) is 47.1 Å². The van der Waals surface area contributed by atoms with Gasteiger partial charge in [0.05, 0.1) is 17.2 Å². The molecule has 7 nitrogen and oxygen atoms in total. The molecule has 0 fully saturated rings. The van der Waals surface area contributed by atoms with Crippen molar-refractivity contribution >= 4 is 37.1 Å². The Morgan fingerprint density at radius 1 is 1.00 bits per heavy atom. The number of anilines is 1. The minimum atomic E-state index is -3.72. The molecule has 0 saturated carbocycles. The van der Waals surface area contributed by atoms with Gasteiger partial charge in [-0.3, -0.25) is 9.62 Å². The average Bonchev–Trinajstić information content (AvgIpc) is 3.21. The summed E-state index contributed by atoms with van der Waals surface area (Å²) in [7, 11) is -7.14. The first-order chi connectivity index (χ1) is 15.6. The molecule has 1 aliphatic rings. The van der Waals surface area contributed by atoms with Gasteiger partial charge < -0.3 is 0 Å². The van der Waals surface area contributed by atoms with Gasteiger partial charge in [-0.25, -0.2) is 21.6 Å².